The van der Waals surface area contributed by atoms with E-state index in [1.54, 1.807) is 18.2 Å². The average Bonchev–Trinajstić information content (AvgIpc) is 2.24. The fourth-order valence-corrected chi connectivity index (χ4v) is 1.43. The summed E-state index contributed by atoms with van der Waals surface area (Å²) in [6.45, 7) is 5.65. The maximum absolute atomic E-state index is 11.6. The molecule has 0 bridgehead atoms. The molecule has 18 heavy (non-hydrogen) atoms. The van der Waals surface area contributed by atoms with E-state index < -0.39 is 6.09 Å². The van der Waals surface area contributed by atoms with Gasteiger partial charge in [-0.15, -0.1) is 0 Å². The molecule has 0 atom stereocenters. The number of ether oxygens (including phenoxy) is 1. The summed E-state index contributed by atoms with van der Waals surface area (Å²) in [5.74, 6) is 0.486. The second kappa shape index (κ2) is 6.19. The molecule has 98 valence electrons. The lowest BCUT2D eigenvalue weighted by atomic mass is 10.1. The molecule has 0 aliphatic heterocycles. The number of aldehydes is 1. The summed E-state index contributed by atoms with van der Waals surface area (Å²) < 4.78 is 5.17. The largest absolute Gasteiger partial charge is 0.413 e. The Morgan fingerprint density at radius 1 is 1.39 bits per heavy atom. The van der Waals surface area contributed by atoms with E-state index in [1.165, 1.54) is 0 Å². The third-order valence-corrected chi connectivity index (χ3v) is 2.14. The maximum atomic E-state index is 11.6. The molecule has 4 nitrogen and oxygen atoms in total. The van der Waals surface area contributed by atoms with E-state index in [0.29, 0.717) is 18.6 Å². The third kappa shape index (κ3) is 5.48. The van der Waals surface area contributed by atoms with Crippen molar-refractivity contribution in [1.82, 2.24) is 5.32 Å². The highest BCUT2D eigenvalue weighted by Gasteiger charge is 2.15. The number of aryl methyl sites for hydroxylation is 1. The Morgan fingerprint density at radius 3 is 2.72 bits per heavy atom. The van der Waals surface area contributed by atoms with Crippen molar-refractivity contribution in [3.8, 4) is 5.75 Å². The molecule has 0 spiro atoms. The van der Waals surface area contributed by atoms with Gasteiger partial charge in [-0.25, -0.2) is 4.79 Å². The molecule has 1 N–H and O–H groups in total. The minimum Gasteiger partial charge on any atom is -0.410 e. The molecular weight excluding hydrogens is 230 g/mol. The van der Waals surface area contributed by atoms with E-state index in [2.05, 4.69) is 5.32 Å². The van der Waals surface area contributed by atoms with Gasteiger partial charge in [-0.1, -0.05) is 12.1 Å². The Kier molecular flexibility index (Phi) is 4.89. The predicted molar refractivity (Wildman–Crippen MR) is 69.7 cm³/mol. The fourth-order valence-electron chi connectivity index (χ4n) is 1.43. The minimum absolute atomic E-state index is 0.327. The number of carbonyl (C=O) groups is 2. The highest BCUT2D eigenvalue weighted by molar-refractivity contribution is 5.71. The van der Waals surface area contributed by atoms with Crippen LogP contribution >= 0.6 is 0 Å². The van der Waals surface area contributed by atoms with Gasteiger partial charge >= 0.3 is 6.09 Å². The van der Waals surface area contributed by atoms with Crippen LogP contribution in [-0.4, -0.2) is 17.9 Å². The van der Waals surface area contributed by atoms with Crippen LogP contribution in [-0.2, 0) is 11.2 Å². The van der Waals surface area contributed by atoms with Crippen LogP contribution in [0.15, 0.2) is 24.3 Å². The molecule has 0 aliphatic rings. The smallest absolute Gasteiger partial charge is 0.410 e. The van der Waals surface area contributed by atoms with Crippen LogP contribution in [0.3, 0.4) is 0 Å². The average molecular weight is 249 g/mol. The first-order valence-electron chi connectivity index (χ1n) is 5.93. The lowest BCUT2D eigenvalue weighted by molar-refractivity contribution is -0.107. The molecule has 0 heterocycles. The van der Waals surface area contributed by atoms with Gasteiger partial charge in [-0.2, -0.15) is 0 Å². The monoisotopic (exact) mass is 249 g/mol. The Balaban J connectivity index is 2.61. The number of hydrogen-bond acceptors (Lipinski definition) is 3. The number of carbonyl (C=O) groups excluding carboxylic acids is 2. The Morgan fingerprint density at radius 2 is 2.11 bits per heavy atom. The van der Waals surface area contributed by atoms with E-state index >= 15 is 0 Å². The maximum Gasteiger partial charge on any atom is 0.413 e. The molecule has 0 saturated carbocycles. The SMILES string of the molecule is CC(C)(C)NC(=O)Oc1cccc(CCC=O)c1. The van der Waals surface area contributed by atoms with Crippen molar-refractivity contribution in [1.29, 1.82) is 0 Å². The van der Waals surface area contributed by atoms with E-state index in [1.807, 2.05) is 26.8 Å². The van der Waals surface area contributed by atoms with E-state index in [-0.39, 0.29) is 5.54 Å². The zero-order chi connectivity index (χ0) is 13.6. The first-order chi connectivity index (χ1) is 8.40. The van der Waals surface area contributed by atoms with Crippen molar-refractivity contribution in [3.63, 3.8) is 0 Å². The van der Waals surface area contributed by atoms with Crippen molar-refractivity contribution in [2.24, 2.45) is 0 Å². The quantitative estimate of drug-likeness (QED) is 0.835. The van der Waals surface area contributed by atoms with Gasteiger partial charge in [-0.3, -0.25) is 0 Å². The zero-order valence-electron chi connectivity index (χ0n) is 11.0. The molecule has 0 fully saturated rings. The second-order valence-corrected chi connectivity index (χ2v) is 5.12. The van der Waals surface area contributed by atoms with Crippen molar-refractivity contribution in [2.45, 2.75) is 39.2 Å². The summed E-state index contributed by atoms with van der Waals surface area (Å²) in [6.07, 6.45) is 1.52. The van der Waals surface area contributed by atoms with E-state index in [0.717, 1.165) is 11.8 Å². The molecule has 1 amide bonds. The molecule has 0 aliphatic carbocycles. The van der Waals surface area contributed by atoms with Crippen molar-refractivity contribution >= 4 is 12.4 Å². The number of rotatable bonds is 4. The summed E-state index contributed by atoms with van der Waals surface area (Å²) >= 11 is 0. The van der Waals surface area contributed by atoms with Gasteiger partial charge in [-0.05, 0) is 44.9 Å². The highest BCUT2D eigenvalue weighted by atomic mass is 16.6. The van der Waals surface area contributed by atoms with Crippen LogP contribution in [0.4, 0.5) is 4.79 Å². The van der Waals surface area contributed by atoms with Gasteiger partial charge in [0.25, 0.3) is 0 Å². The molecule has 0 saturated heterocycles. The standard InChI is InChI=1S/C14H19NO3/c1-14(2,3)15-13(17)18-12-8-4-6-11(10-12)7-5-9-16/h4,6,8-10H,5,7H2,1-3H3,(H,15,17). The molecule has 1 aromatic carbocycles. The summed E-state index contributed by atoms with van der Waals surface area (Å²) in [5.41, 5.74) is 0.648. The van der Waals surface area contributed by atoms with E-state index in [9.17, 15) is 9.59 Å². The normalized spacial score (nSPS) is 10.8. The fraction of sp³-hybridized carbons (Fsp3) is 0.429. The van der Waals surface area contributed by atoms with E-state index in [4.69, 9.17) is 4.74 Å². The predicted octanol–water partition coefficient (Wildman–Crippen LogP) is 2.71. The van der Waals surface area contributed by atoms with Crippen LogP contribution in [0.1, 0.15) is 32.8 Å². The molecule has 0 aromatic heterocycles. The van der Waals surface area contributed by atoms with Gasteiger partial charge in [0.1, 0.15) is 12.0 Å². The molecule has 1 aromatic rings. The van der Waals surface area contributed by atoms with Crippen LogP contribution in [0.25, 0.3) is 0 Å². The summed E-state index contributed by atoms with van der Waals surface area (Å²) in [6, 6.07) is 7.19. The van der Waals surface area contributed by atoms with Crippen LogP contribution < -0.4 is 10.1 Å². The molecule has 1 rings (SSSR count). The Hall–Kier alpha value is -1.84. The zero-order valence-corrected chi connectivity index (χ0v) is 11.0. The Bertz CT molecular complexity index is 421. The summed E-state index contributed by atoms with van der Waals surface area (Å²) in [7, 11) is 0. The third-order valence-electron chi connectivity index (χ3n) is 2.14. The number of nitrogens with one attached hydrogen (secondary N) is 1. The van der Waals surface area contributed by atoms with Gasteiger partial charge in [0, 0.05) is 12.0 Å². The number of hydrogen-bond donors (Lipinski definition) is 1. The molecule has 0 unspecified atom stereocenters. The van der Waals surface area contributed by atoms with Crippen molar-refractivity contribution in [2.75, 3.05) is 0 Å². The van der Waals surface area contributed by atoms with Crippen molar-refractivity contribution < 1.29 is 14.3 Å². The minimum atomic E-state index is -0.477. The number of amides is 1. The lowest BCUT2D eigenvalue weighted by Gasteiger charge is -2.19. The molecular formula is C14H19NO3. The summed E-state index contributed by atoms with van der Waals surface area (Å²) in [5, 5.41) is 2.71. The van der Waals surface area contributed by atoms with Crippen LogP contribution in [0.2, 0.25) is 0 Å². The first-order valence-corrected chi connectivity index (χ1v) is 5.93. The first kappa shape index (κ1) is 14.2. The molecule has 0 radical (unpaired) electrons. The van der Waals surface area contributed by atoms with Gasteiger partial charge < -0.3 is 14.8 Å². The highest BCUT2D eigenvalue weighted by Crippen LogP contribution is 2.15. The lowest BCUT2D eigenvalue weighted by Crippen LogP contribution is -2.42. The topological polar surface area (TPSA) is 55.4 Å². The van der Waals surface area contributed by atoms with Gasteiger partial charge in [0.05, 0.1) is 0 Å². The van der Waals surface area contributed by atoms with Gasteiger partial charge in [0.15, 0.2) is 0 Å². The second-order valence-electron chi connectivity index (χ2n) is 5.12. The number of benzene rings is 1. The van der Waals surface area contributed by atoms with Gasteiger partial charge in [0.2, 0.25) is 0 Å². The summed E-state index contributed by atoms with van der Waals surface area (Å²) in [4.78, 5) is 21.9. The Labute approximate surface area is 107 Å². The molecule has 4 heteroatoms. The van der Waals surface area contributed by atoms with Crippen LogP contribution in [0, 0.1) is 0 Å². The van der Waals surface area contributed by atoms with Crippen molar-refractivity contribution in [3.05, 3.63) is 29.8 Å². The van der Waals surface area contributed by atoms with Crippen LogP contribution in [0.5, 0.6) is 5.75 Å².